The molecule has 0 aliphatic rings. The fourth-order valence-corrected chi connectivity index (χ4v) is 2.83. The van der Waals surface area contributed by atoms with Crippen molar-refractivity contribution in [2.24, 2.45) is 0 Å². The highest BCUT2D eigenvalue weighted by atomic mass is 32.1. The number of aromatic amines is 1. The van der Waals surface area contributed by atoms with Gasteiger partial charge in [0.2, 0.25) is 0 Å². The number of hydrogen-bond acceptors (Lipinski definition) is 6. The van der Waals surface area contributed by atoms with Crippen molar-refractivity contribution in [2.75, 3.05) is 7.11 Å². The van der Waals surface area contributed by atoms with E-state index in [9.17, 15) is 19.2 Å². The van der Waals surface area contributed by atoms with Crippen LogP contribution in [0.5, 0.6) is 0 Å². The van der Waals surface area contributed by atoms with E-state index in [0.29, 0.717) is 5.56 Å². The van der Waals surface area contributed by atoms with Crippen molar-refractivity contribution < 1.29 is 14.3 Å². The maximum Gasteiger partial charge on any atom is 0.350 e. The van der Waals surface area contributed by atoms with Crippen molar-refractivity contribution in [3.05, 3.63) is 48.4 Å². The minimum absolute atomic E-state index is 0.128. The lowest BCUT2D eigenvalue weighted by molar-refractivity contribution is 0.0606. The van der Waals surface area contributed by atoms with Gasteiger partial charge in [-0.3, -0.25) is 9.59 Å². The third-order valence-electron chi connectivity index (χ3n) is 2.89. The summed E-state index contributed by atoms with van der Waals surface area (Å²) in [6.07, 6.45) is 1.07. The van der Waals surface area contributed by atoms with Gasteiger partial charge in [0.05, 0.1) is 18.4 Å². The summed E-state index contributed by atoms with van der Waals surface area (Å²) in [6.45, 7) is 2.88. The number of carbonyl (C=O) groups excluding carboxylic acids is 2. The zero-order valence-corrected chi connectivity index (χ0v) is 12.4. The van der Waals surface area contributed by atoms with E-state index in [2.05, 4.69) is 9.72 Å². The lowest BCUT2D eigenvalue weighted by atomic mass is 10.2. The highest BCUT2D eigenvalue weighted by Crippen LogP contribution is 2.24. The highest BCUT2D eigenvalue weighted by molar-refractivity contribution is 7.12. The molecular weight excluding hydrogens is 296 g/mol. The first-order chi connectivity index (χ1) is 9.88. The Labute approximate surface area is 122 Å². The predicted molar refractivity (Wildman–Crippen MR) is 76.6 cm³/mol. The van der Waals surface area contributed by atoms with Crippen molar-refractivity contribution >= 4 is 23.1 Å². The van der Waals surface area contributed by atoms with E-state index in [0.717, 1.165) is 22.1 Å². The maximum atomic E-state index is 12.3. The van der Waals surface area contributed by atoms with Crippen molar-refractivity contribution in [2.45, 2.75) is 13.8 Å². The lowest BCUT2D eigenvalue weighted by Crippen LogP contribution is -2.37. The standard InChI is InChI=1S/C13H12N2O5S/c1-6-5-21-10(12(18)20-3)9(6)15-11(17)8(7(2)16)4-14-13(15)19/h4-5H,1-3H3,(H,14,19). The number of nitrogens with one attached hydrogen (secondary N) is 1. The van der Waals surface area contributed by atoms with Crippen LogP contribution < -0.4 is 11.2 Å². The van der Waals surface area contributed by atoms with Gasteiger partial charge < -0.3 is 9.72 Å². The molecule has 0 atom stereocenters. The van der Waals surface area contributed by atoms with Gasteiger partial charge in [-0.05, 0) is 24.8 Å². The maximum absolute atomic E-state index is 12.3. The van der Waals surface area contributed by atoms with E-state index < -0.39 is 23.0 Å². The molecule has 0 spiro atoms. The van der Waals surface area contributed by atoms with Crippen LogP contribution in [0, 0.1) is 6.92 Å². The van der Waals surface area contributed by atoms with E-state index >= 15 is 0 Å². The van der Waals surface area contributed by atoms with Crippen LogP contribution in [-0.2, 0) is 4.74 Å². The average molecular weight is 308 g/mol. The summed E-state index contributed by atoms with van der Waals surface area (Å²) >= 11 is 1.06. The topological polar surface area (TPSA) is 98.2 Å². The molecule has 0 radical (unpaired) electrons. The Hall–Kier alpha value is -2.48. The number of rotatable bonds is 3. The number of thiophene rings is 1. The van der Waals surface area contributed by atoms with Crippen molar-refractivity contribution in [3.63, 3.8) is 0 Å². The largest absolute Gasteiger partial charge is 0.465 e. The van der Waals surface area contributed by atoms with Gasteiger partial charge in [-0.1, -0.05) is 0 Å². The first kappa shape index (κ1) is 14.9. The van der Waals surface area contributed by atoms with Gasteiger partial charge >= 0.3 is 11.7 Å². The normalized spacial score (nSPS) is 10.4. The molecule has 0 amide bonds. The number of ketones is 1. The van der Waals surface area contributed by atoms with Gasteiger partial charge in [-0.25, -0.2) is 14.2 Å². The zero-order chi connectivity index (χ0) is 15.7. The van der Waals surface area contributed by atoms with Crippen LogP contribution in [0.15, 0.2) is 21.2 Å². The molecule has 0 aromatic carbocycles. The second-order valence-corrected chi connectivity index (χ2v) is 5.17. The molecule has 0 unspecified atom stereocenters. The molecule has 2 heterocycles. The Morgan fingerprint density at radius 3 is 2.57 bits per heavy atom. The number of H-pyrrole nitrogens is 1. The monoisotopic (exact) mass is 308 g/mol. The van der Waals surface area contributed by atoms with Crippen LogP contribution in [0.25, 0.3) is 5.69 Å². The van der Waals surface area contributed by atoms with E-state index in [4.69, 9.17) is 0 Å². The Morgan fingerprint density at radius 1 is 1.33 bits per heavy atom. The second kappa shape index (κ2) is 5.49. The Bertz CT molecular complexity index is 843. The van der Waals surface area contributed by atoms with Crippen LogP contribution in [0.1, 0.15) is 32.5 Å². The van der Waals surface area contributed by atoms with Crippen LogP contribution in [0.4, 0.5) is 0 Å². The molecule has 0 aliphatic heterocycles. The number of hydrogen-bond donors (Lipinski definition) is 1. The summed E-state index contributed by atoms with van der Waals surface area (Å²) in [5, 5.41) is 1.63. The van der Waals surface area contributed by atoms with E-state index in [1.165, 1.54) is 14.0 Å². The number of nitrogens with zero attached hydrogens (tertiary/aromatic N) is 1. The van der Waals surface area contributed by atoms with Gasteiger partial charge in [0, 0.05) is 6.20 Å². The number of Topliss-reactive ketones (excluding diaryl/α,β-unsaturated/α-hetero) is 1. The number of aryl methyl sites for hydroxylation is 1. The molecule has 110 valence electrons. The Balaban J connectivity index is 2.86. The van der Waals surface area contributed by atoms with E-state index in [1.807, 2.05) is 0 Å². The quantitative estimate of drug-likeness (QED) is 0.670. The summed E-state index contributed by atoms with van der Waals surface area (Å²) in [4.78, 5) is 49.9. The summed E-state index contributed by atoms with van der Waals surface area (Å²) < 4.78 is 5.43. The lowest BCUT2D eigenvalue weighted by Gasteiger charge is -2.07. The van der Waals surface area contributed by atoms with Gasteiger partial charge in [0.1, 0.15) is 4.88 Å². The molecule has 2 aromatic rings. The van der Waals surface area contributed by atoms with Crippen molar-refractivity contribution in [1.82, 2.24) is 9.55 Å². The fourth-order valence-electron chi connectivity index (χ4n) is 1.88. The minimum atomic E-state index is -0.766. The molecule has 0 fully saturated rings. The minimum Gasteiger partial charge on any atom is -0.465 e. The SMILES string of the molecule is COC(=O)c1scc(C)c1-n1c(=O)[nH]cc(C(C)=O)c1=O. The first-order valence-corrected chi connectivity index (χ1v) is 6.79. The van der Waals surface area contributed by atoms with Crippen LogP contribution >= 0.6 is 11.3 Å². The molecule has 7 nitrogen and oxygen atoms in total. The van der Waals surface area contributed by atoms with Crippen LogP contribution in [-0.4, -0.2) is 28.4 Å². The van der Waals surface area contributed by atoms with E-state index in [-0.39, 0.29) is 16.1 Å². The molecule has 1 N–H and O–H groups in total. The van der Waals surface area contributed by atoms with Gasteiger partial charge in [0.15, 0.2) is 5.78 Å². The number of aromatic nitrogens is 2. The molecule has 0 saturated heterocycles. The number of methoxy groups -OCH3 is 1. The highest BCUT2D eigenvalue weighted by Gasteiger charge is 2.22. The molecule has 0 bridgehead atoms. The smallest absolute Gasteiger partial charge is 0.350 e. The average Bonchev–Trinajstić information content (AvgIpc) is 2.80. The van der Waals surface area contributed by atoms with Gasteiger partial charge in [-0.2, -0.15) is 0 Å². The molecule has 8 heteroatoms. The third-order valence-corrected chi connectivity index (χ3v) is 3.96. The number of esters is 1. The van der Waals surface area contributed by atoms with Gasteiger partial charge in [-0.15, -0.1) is 11.3 Å². The number of ether oxygens (including phenoxy) is 1. The van der Waals surface area contributed by atoms with Crippen molar-refractivity contribution in [3.8, 4) is 5.69 Å². The zero-order valence-electron chi connectivity index (χ0n) is 11.6. The molecule has 2 rings (SSSR count). The third kappa shape index (κ3) is 2.45. The predicted octanol–water partition coefficient (Wildman–Crippen LogP) is 0.885. The Kier molecular flexibility index (Phi) is 3.90. The van der Waals surface area contributed by atoms with E-state index in [1.54, 1.807) is 12.3 Å². The number of carbonyl (C=O) groups is 2. The van der Waals surface area contributed by atoms with Crippen molar-refractivity contribution in [1.29, 1.82) is 0 Å². The molecule has 2 aromatic heterocycles. The molecule has 0 aliphatic carbocycles. The molecule has 21 heavy (non-hydrogen) atoms. The summed E-state index contributed by atoms with van der Waals surface area (Å²) in [5.74, 6) is -1.12. The van der Waals surface area contributed by atoms with Crippen LogP contribution in [0.2, 0.25) is 0 Å². The Morgan fingerprint density at radius 2 is 2.00 bits per heavy atom. The second-order valence-electron chi connectivity index (χ2n) is 4.29. The fraction of sp³-hybridized carbons (Fsp3) is 0.231. The van der Waals surface area contributed by atoms with Crippen LogP contribution in [0.3, 0.4) is 0 Å². The summed E-state index contributed by atoms with van der Waals surface area (Å²) in [6, 6.07) is 0. The first-order valence-electron chi connectivity index (χ1n) is 5.91. The molecular formula is C13H12N2O5S. The summed E-state index contributed by atoms with van der Waals surface area (Å²) in [5.41, 5.74) is -0.944. The molecule has 0 saturated carbocycles. The van der Waals surface area contributed by atoms with Gasteiger partial charge in [0.25, 0.3) is 5.56 Å². The summed E-state index contributed by atoms with van der Waals surface area (Å²) in [7, 11) is 1.21.